The van der Waals surface area contributed by atoms with Crippen molar-refractivity contribution in [2.45, 2.75) is 83.0 Å². The summed E-state index contributed by atoms with van der Waals surface area (Å²) in [5, 5.41) is 0. The van der Waals surface area contributed by atoms with Gasteiger partial charge in [-0.2, -0.15) is 0 Å². The lowest BCUT2D eigenvalue weighted by molar-refractivity contribution is 0.308. The summed E-state index contributed by atoms with van der Waals surface area (Å²) >= 11 is 0. The Kier molecular flexibility index (Phi) is 6.35. The van der Waals surface area contributed by atoms with E-state index in [4.69, 9.17) is 0 Å². The van der Waals surface area contributed by atoms with Gasteiger partial charge >= 0.3 is 0 Å². The van der Waals surface area contributed by atoms with Gasteiger partial charge in [0.1, 0.15) is 0 Å². The maximum atomic E-state index is 2.46. The van der Waals surface area contributed by atoms with Crippen molar-refractivity contribution in [1.29, 1.82) is 0 Å². The maximum Gasteiger partial charge on any atom is 0.00185 e. The van der Waals surface area contributed by atoms with Crippen LogP contribution < -0.4 is 0 Å². The zero-order valence-corrected chi connectivity index (χ0v) is 17.7. The average Bonchev–Trinajstić information content (AvgIpc) is 2.75. The first-order chi connectivity index (χ1) is 13.7. The monoisotopic (exact) mass is 372 g/mol. The number of benzene rings is 2. The molecule has 1 fully saturated rings. The molecule has 28 heavy (non-hydrogen) atoms. The standard InChI is InChI=1S/C28H36/c1-3-4-22-7-11-24(12-8-22)26-15-19-28(20-16-26)27-17-13-25(14-18-27)23-9-5-21(2)6-10-23/h5-6,9-10,13,15-17,19-20,22,24-25,27H,3-4,7-8,11-12,14,18H2,1-2H3. The molecule has 0 aromatic heterocycles. The van der Waals surface area contributed by atoms with Crippen LogP contribution in [0.4, 0.5) is 0 Å². The normalized spacial score (nSPS) is 27.6. The van der Waals surface area contributed by atoms with Gasteiger partial charge in [0.05, 0.1) is 0 Å². The van der Waals surface area contributed by atoms with E-state index in [1.807, 2.05) is 0 Å². The van der Waals surface area contributed by atoms with Crippen molar-refractivity contribution in [2.75, 3.05) is 0 Å². The van der Waals surface area contributed by atoms with Crippen molar-refractivity contribution in [2.24, 2.45) is 5.92 Å². The number of aryl methyl sites for hydroxylation is 1. The van der Waals surface area contributed by atoms with Gasteiger partial charge in [0.2, 0.25) is 0 Å². The molecule has 0 nitrogen and oxygen atoms in total. The second-order valence-corrected chi connectivity index (χ2v) is 9.26. The third kappa shape index (κ3) is 4.59. The van der Waals surface area contributed by atoms with Crippen molar-refractivity contribution < 1.29 is 0 Å². The van der Waals surface area contributed by atoms with Gasteiger partial charge in [-0.15, -0.1) is 0 Å². The van der Waals surface area contributed by atoms with Crippen molar-refractivity contribution in [3.8, 4) is 0 Å². The fraction of sp³-hybridized carbons (Fsp3) is 0.500. The molecule has 2 aliphatic rings. The zero-order valence-electron chi connectivity index (χ0n) is 17.7. The van der Waals surface area contributed by atoms with Gasteiger partial charge in [0.25, 0.3) is 0 Å². The number of hydrogen-bond donors (Lipinski definition) is 0. The molecule has 0 aliphatic heterocycles. The Morgan fingerprint density at radius 2 is 1.14 bits per heavy atom. The van der Waals surface area contributed by atoms with Gasteiger partial charge in [0.15, 0.2) is 0 Å². The minimum absolute atomic E-state index is 0.592. The molecule has 0 radical (unpaired) electrons. The second-order valence-electron chi connectivity index (χ2n) is 9.26. The summed E-state index contributed by atoms with van der Waals surface area (Å²) in [5.41, 5.74) is 5.90. The first kappa shape index (κ1) is 19.5. The van der Waals surface area contributed by atoms with Gasteiger partial charge in [-0.1, -0.05) is 86.0 Å². The molecule has 0 bridgehead atoms. The molecule has 2 unspecified atom stereocenters. The van der Waals surface area contributed by atoms with Gasteiger partial charge in [-0.25, -0.2) is 0 Å². The van der Waals surface area contributed by atoms with Gasteiger partial charge in [-0.3, -0.25) is 0 Å². The van der Waals surface area contributed by atoms with E-state index in [1.54, 1.807) is 5.56 Å². The number of rotatable bonds is 5. The largest absolute Gasteiger partial charge is 0.0804 e. The van der Waals surface area contributed by atoms with E-state index in [0.29, 0.717) is 11.8 Å². The van der Waals surface area contributed by atoms with Crippen LogP contribution in [0.2, 0.25) is 0 Å². The van der Waals surface area contributed by atoms with Gasteiger partial charge in [0, 0.05) is 11.8 Å². The van der Waals surface area contributed by atoms with E-state index >= 15 is 0 Å². The fourth-order valence-corrected chi connectivity index (χ4v) is 5.40. The molecule has 2 atom stereocenters. The molecule has 0 heterocycles. The number of allylic oxidation sites excluding steroid dienone is 2. The third-order valence-electron chi connectivity index (χ3n) is 7.25. The van der Waals surface area contributed by atoms with E-state index in [9.17, 15) is 0 Å². The maximum absolute atomic E-state index is 2.46. The van der Waals surface area contributed by atoms with Crippen LogP contribution in [0.1, 0.15) is 98.3 Å². The minimum Gasteiger partial charge on any atom is -0.0804 e. The van der Waals surface area contributed by atoms with E-state index in [0.717, 1.165) is 11.8 Å². The highest BCUT2D eigenvalue weighted by molar-refractivity contribution is 5.34. The van der Waals surface area contributed by atoms with Crippen LogP contribution in [0, 0.1) is 12.8 Å². The smallest absolute Gasteiger partial charge is 0.00185 e. The Morgan fingerprint density at radius 3 is 1.64 bits per heavy atom. The van der Waals surface area contributed by atoms with Crippen LogP contribution >= 0.6 is 0 Å². The molecule has 0 heteroatoms. The lowest BCUT2D eigenvalue weighted by atomic mass is 9.76. The number of hydrogen-bond acceptors (Lipinski definition) is 0. The highest BCUT2D eigenvalue weighted by atomic mass is 14.3. The van der Waals surface area contributed by atoms with Crippen LogP contribution in [-0.4, -0.2) is 0 Å². The summed E-state index contributed by atoms with van der Waals surface area (Å²) < 4.78 is 0. The Balaban J connectivity index is 1.36. The van der Waals surface area contributed by atoms with Crippen molar-refractivity contribution in [3.63, 3.8) is 0 Å². The molecule has 148 valence electrons. The lowest BCUT2D eigenvalue weighted by Crippen LogP contribution is -2.13. The van der Waals surface area contributed by atoms with Crippen molar-refractivity contribution >= 4 is 0 Å². The predicted octanol–water partition coefficient (Wildman–Crippen LogP) is 8.29. The predicted molar refractivity (Wildman–Crippen MR) is 121 cm³/mol. The highest BCUT2D eigenvalue weighted by Gasteiger charge is 2.23. The zero-order chi connectivity index (χ0) is 19.3. The van der Waals surface area contributed by atoms with Crippen LogP contribution in [0.25, 0.3) is 0 Å². The van der Waals surface area contributed by atoms with Gasteiger partial charge in [-0.05, 0) is 74.0 Å². The quantitative estimate of drug-likeness (QED) is 0.463. The topological polar surface area (TPSA) is 0 Å². The first-order valence-corrected chi connectivity index (χ1v) is 11.6. The van der Waals surface area contributed by atoms with E-state index in [2.05, 4.69) is 74.5 Å². The molecule has 0 N–H and O–H groups in total. The molecule has 0 spiro atoms. The van der Waals surface area contributed by atoms with E-state index in [1.165, 1.54) is 68.1 Å². The molecule has 2 aromatic carbocycles. The molecule has 1 saturated carbocycles. The van der Waals surface area contributed by atoms with E-state index in [-0.39, 0.29) is 0 Å². The highest BCUT2D eigenvalue weighted by Crippen LogP contribution is 2.39. The SMILES string of the molecule is CCCC1CCC(c2ccc(C3C=CC(c4ccc(C)cc4)CC3)cc2)CC1. The summed E-state index contributed by atoms with van der Waals surface area (Å²) in [5.74, 6) is 2.98. The van der Waals surface area contributed by atoms with Crippen LogP contribution in [-0.2, 0) is 0 Å². The van der Waals surface area contributed by atoms with Crippen molar-refractivity contribution in [1.82, 2.24) is 0 Å². The van der Waals surface area contributed by atoms with Crippen molar-refractivity contribution in [3.05, 3.63) is 82.9 Å². The molecular weight excluding hydrogens is 336 g/mol. The molecule has 0 saturated heterocycles. The van der Waals surface area contributed by atoms with Gasteiger partial charge < -0.3 is 0 Å². The van der Waals surface area contributed by atoms with Crippen LogP contribution in [0.3, 0.4) is 0 Å². The summed E-state index contributed by atoms with van der Waals surface area (Å²) in [7, 11) is 0. The molecule has 0 amide bonds. The summed E-state index contributed by atoms with van der Waals surface area (Å²) in [4.78, 5) is 0. The second kappa shape index (κ2) is 9.12. The summed E-state index contributed by atoms with van der Waals surface area (Å²) in [6.45, 7) is 4.49. The van der Waals surface area contributed by atoms with Crippen LogP contribution in [0.15, 0.2) is 60.7 Å². The molecule has 2 aliphatic carbocycles. The lowest BCUT2D eigenvalue weighted by Gasteiger charge is -2.29. The third-order valence-corrected chi connectivity index (χ3v) is 7.25. The minimum atomic E-state index is 0.592. The Labute approximate surface area is 172 Å². The Morgan fingerprint density at radius 1 is 0.643 bits per heavy atom. The van der Waals surface area contributed by atoms with E-state index < -0.39 is 0 Å². The summed E-state index contributed by atoms with van der Waals surface area (Å²) in [6, 6.07) is 18.8. The molecule has 2 aromatic rings. The Bertz CT molecular complexity index is 757. The molecule has 4 rings (SSSR count). The first-order valence-electron chi connectivity index (χ1n) is 11.6. The van der Waals surface area contributed by atoms with Crippen LogP contribution in [0.5, 0.6) is 0 Å². The fourth-order valence-electron chi connectivity index (χ4n) is 5.40. The average molecular weight is 373 g/mol. The molecular formula is C28H36. The Hall–Kier alpha value is -1.82. The summed E-state index contributed by atoms with van der Waals surface area (Å²) in [6.07, 6.45) is 15.9.